The summed E-state index contributed by atoms with van der Waals surface area (Å²) in [6.07, 6.45) is 4.00. The fourth-order valence-electron chi connectivity index (χ4n) is 3.41. The lowest BCUT2D eigenvalue weighted by Gasteiger charge is -2.31. The van der Waals surface area contributed by atoms with Crippen LogP contribution >= 0.6 is 0 Å². The summed E-state index contributed by atoms with van der Waals surface area (Å²) in [6.45, 7) is 0.259. The van der Waals surface area contributed by atoms with Gasteiger partial charge in [0.15, 0.2) is 0 Å². The molecule has 152 valence electrons. The second-order valence-corrected chi connectivity index (χ2v) is 7.16. The Labute approximate surface area is 170 Å². The van der Waals surface area contributed by atoms with Gasteiger partial charge in [-0.1, -0.05) is 24.3 Å². The van der Waals surface area contributed by atoms with E-state index in [-0.39, 0.29) is 18.4 Å². The second-order valence-electron chi connectivity index (χ2n) is 7.16. The molecule has 1 fully saturated rings. The molecule has 2 aromatic rings. The zero-order chi connectivity index (χ0) is 20.6. The highest BCUT2D eigenvalue weighted by Crippen LogP contribution is 2.22. The number of methoxy groups -OCH3 is 1. The molecule has 1 heterocycles. The summed E-state index contributed by atoms with van der Waals surface area (Å²) >= 11 is 0. The van der Waals surface area contributed by atoms with Crippen LogP contribution in [0.25, 0.3) is 0 Å². The van der Waals surface area contributed by atoms with E-state index < -0.39 is 6.04 Å². The van der Waals surface area contributed by atoms with E-state index in [4.69, 9.17) is 4.74 Å². The SMILES string of the molecule is COc1ccc(CN2C(=O)CCC(Nc3ccc(CCCC=O)cc3)C2=O)cc1. The number of unbranched alkanes of at least 4 members (excludes halogenated alkanes) is 1. The number of amides is 2. The molecule has 6 heteroatoms. The van der Waals surface area contributed by atoms with Crippen molar-refractivity contribution in [2.24, 2.45) is 0 Å². The molecule has 0 radical (unpaired) electrons. The number of anilines is 1. The fraction of sp³-hybridized carbons (Fsp3) is 0.348. The van der Waals surface area contributed by atoms with Crippen molar-refractivity contribution in [3.8, 4) is 5.75 Å². The van der Waals surface area contributed by atoms with Crippen molar-refractivity contribution >= 4 is 23.8 Å². The van der Waals surface area contributed by atoms with Crippen LogP contribution in [0.15, 0.2) is 48.5 Å². The summed E-state index contributed by atoms with van der Waals surface area (Å²) in [5, 5.41) is 3.26. The van der Waals surface area contributed by atoms with Gasteiger partial charge in [0.1, 0.15) is 18.1 Å². The average molecular weight is 394 g/mol. The molecule has 0 saturated carbocycles. The number of aldehydes is 1. The van der Waals surface area contributed by atoms with Crippen LogP contribution in [-0.2, 0) is 27.3 Å². The number of hydrogen-bond donors (Lipinski definition) is 1. The van der Waals surface area contributed by atoms with Gasteiger partial charge in [-0.3, -0.25) is 14.5 Å². The van der Waals surface area contributed by atoms with Crippen LogP contribution in [0.4, 0.5) is 5.69 Å². The third-order valence-electron chi connectivity index (χ3n) is 5.09. The monoisotopic (exact) mass is 394 g/mol. The molecule has 1 aliphatic rings. The topological polar surface area (TPSA) is 75.7 Å². The van der Waals surface area contributed by atoms with Crippen LogP contribution in [0.1, 0.15) is 36.8 Å². The van der Waals surface area contributed by atoms with Crippen molar-refractivity contribution in [1.29, 1.82) is 0 Å². The number of imide groups is 1. The molecular formula is C23H26N2O4. The van der Waals surface area contributed by atoms with Gasteiger partial charge in [0.2, 0.25) is 5.91 Å². The van der Waals surface area contributed by atoms with Gasteiger partial charge in [-0.15, -0.1) is 0 Å². The molecular weight excluding hydrogens is 368 g/mol. The molecule has 1 atom stereocenters. The molecule has 0 spiro atoms. The molecule has 1 saturated heterocycles. The zero-order valence-corrected chi connectivity index (χ0v) is 16.6. The number of benzene rings is 2. The first-order valence-corrected chi connectivity index (χ1v) is 9.87. The van der Waals surface area contributed by atoms with Crippen LogP contribution in [-0.4, -0.2) is 36.2 Å². The number of ether oxygens (including phenoxy) is 1. The largest absolute Gasteiger partial charge is 0.497 e. The Hall–Kier alpha value is -3.15. The van der Waals surface area contributed by atoms with Crippen molar-refractivity contribution in [2.45, 2.75) is 44.7 Å². The van der Waals surface area contributed by atoms with E-state index in [0.29, 0.717) is 19.3 Å². The summed E-state index contributed by atoms with van der Waals surface area (Å²) in [7, 11) is 1.60. The van der Waals surface area contributed by atoms with E-state index in [9.17, 15) is 14.4 Å². The van der Waals surface area contributed by atoms with Crippen LogP contribution in [0, 0.1) is 0 Å². The van der Waals surface area contributed by atoms with E-state index in [1.54, 1.807) is 7.11 Å². The molecule has 1 unspecified atom stereocenters. The number of piperidine rings is 1. The molecule has 1 N–H and O–H groups in total. The summed E-state index contributed by atoms with van der Waals surface area (Å²) in [5.74, 6) is 0.390. The predicted molar refractivity (Wildman–Crippen MR) is 111 cm³/mol. The number of carbonyl (C=O) groups is 3. The lowest BCUT2D eigenvalue weighted by atomic mass is 10.0. The Balaban J connectivity index is 1.62. The van der Waals surface area contributed by atoms with Crippen molar-refractivity contribution in [3.05, 3.63) is 59.7 Å². The molecule has 6 nitrogen and oxygen atoms in total. The molecule has 0 aromatic heterocycles. The van der Waals surface area contributed by atoms with E-state index in [1.165, 1.54) is 4.90 Å². The number of nitrogens with zero attached hydrogens (tertiary/aromatic N) is 1. The van der Waals surface area contributed by atoms with E-state index in [1.807, 2.05) is 48.5 Å². The summed E-state index contributed by atoms with van der Waals surface area (Å²) in [5.41, 5.74) is 2.89. The molecule has 2 amide bonds. The van der Waals surface area contributed by atoms with Gasteiger partial charge in [-0.25, -0.2) is 0 Å². The number of likely N-dealkylation sites (tertiary alicyclic amines) is 1. The van der Waals surface area contributed by atoms with E-state index in [2.05, 4.69) is 5.32 Å². The smallest absolute Gasteiger partial charge is 0.251 e. The van der Waals surface area contributed by atoms with Crippen LogP contribution in [0.2, 0.25) is 0 Å². The molecule has 1 aliphatic heterocycles. The third-order valence-corrected chi connectivity index (χ3v) is 5.09. The maximum absolute atomic E-state index is 12.9. The predicted octanol–water partition coefficient (Wildman–Crippen LogP) is 3.35. The Kier molecular flexibility index (Phi) is 7.00. The lowest BCUT2D eigenvalue weighted by molar-refractivity contribution is -0.149. The molecule has 3 rings (SSSR count). The van der Waals surface area contributed by atoms with Crippen molar-refractivity contribution in [3.63, 3.8) is 0 Å². The van der Waals surface area contributed by atoms with Gasteiger partial charge in [0.25, 0.3) is 5.91 Å². The minimum absolute atomic E-state index is 0.144. The van der Waals surface area contributed by atoms with Gasteiger partial charge in [0.05, 0.1) is 13.7 Å². The maximum Gasteiger partial charge on any atom is 0.251 e. The van der Waals surface area contributed by atoms with Crippen LogP contribution in [0.3, 0.4) is 0 Å². The summed E-state index contributed by atoms with van der Waals surface area (Å²) in [4.78, 5) is 37.0. The zero-order valence-electron chi connectivity index (χ0n) is 16.6. The lowest BCUT2D eigenvalue weighted by Crippen LogP contribution is -2.50. The van der Waals surface area contributed by atoms with Crippen molar-refractivity contribution in [1.82, 2.24) is 4.90 Å². The first-order valence-electron chi connectivity index (χ1n) is 9.87. The number of hydrogen-bond acceptors (Lipinski definition) is 5. The normalized spacial score (nSPS) is 16.6. The number of nitrogens with one attached hydrogen (secondary N) is 1. The number of carbonyl (C=O) groups excluding carboxylic acids is 3. The molecule has 0 aliphatic carbocycles. The van der Waals surface area contributed by atoms with Gasteiger partial charge in [0, 0.05) is 18.5 Å². The number of rotatable bonds is 9. The number of aryl methyl sites for hydroxylation is 1. The van der Waals surface area contributed by atoms with Crippen LogP contribution in [0.5, 0.6) is 5.75 Å². The first-order chi connectivity index (χ1) is 14.1. The molecule has 0 bridgehead atoms. The summed E-state index contributed by atoms with van der Waals surface area (Å²) < 4.78 is 5.15. The third kappa shape index (κ3) is 5.44. The minimum Gasteiger partial charge on any atom is -0.497 e. The highest BCUT2D eigenvalue weighted by molar-refractivity contribution is 6.01. The summed E-state index contributed by atoms with van der Waals surface area (Å²) in [6, 6.07) is 14.8. The highest BCUT2D eigenvalue weighted by Gasteiger charge is 2.34. The van der Waals surface area contributed by atoms with Gasteiger partial charge in [-0.05, 0) is 54.7 Å². The van der Waals surface area contributed by atoms with E-state index in [0.717, 1.165) is 41.7 Å². The Morgan fingerprint density at radius 3 is 2.41 bits per heavy atom. The van der Waals surface area contributed by atoms with Gasteiger partial charge in [-0.2, -0.15) is 0 Å². The van der Waals surface area contributed by atoms with Crippen molar-refractivity contribution in [2.75, 3.05) is 12.4 Å². The maximum atomic E-state index is 12.9. The second kappa shape index (κ2) is 9.87. The first kappa shape index (κ1) is 20.6. The van der Waals surface area contributed by atoms with Gasteiger partial charge >= 0.3 is 0 Å². The Morgan fingerprint density at radius 2 is 1.76 bits per heavy atom. The Bertz CT molecular complexity index is 846. The molecule has 2 aromatic carbocycles. The van der Waals surface area contributed by atoms with Crippen molar-refractivity contribution < 1.29 is 19.1 Å². The minimum atomic E-state index is -0.424. The van der Waals surface area contributed by atoms with Gasteiger partial charge < -0.3 is 14.8 Å². The van der Waals surface area contributed by atoms with Crippen LogP contribution < -0.4 is 10.1 Å². The standard InChI is InChI=1S/C23H26N2O4/c1-29-20-11-7-18(8-12-20)16-25-22(27)14-13-21(23(25)28)24-19-9-5-17(6-10-19)4-2-3-15-26/h5-12,15,21,24H,2-4,13-14,16H2,1H3. The quantitative estimate of drug-likeness (QED) is 0.401. The van der Waals surface area contributed by atoms with E-state index >= 15 is 0 Å². The highest BCUT2D eigenvalue weighted by atomic mass is 16.5. The fourth-order valence-corrected chi connectivity index (χ4v) is 3.41. The average Bonchev–Trinajstić information content (AvgIpc) is 2.75. The molecule has 29 heavy (non-hydrogen) atoms. The Morgan fingerprint density at radius 1 is 1.07 bits per heavy atom.